The molecule has 3 aromatic rings. The van der Waals surface area contributed by atoms with Gasteiger partial charge in [-0.05, 0) is 57.0 Å². The highest BCUT2D eigenvalue weighted by molar-refractivity contribution is 7.19. The van der Waals surface area contributed by atoms with Gasteiger partial charge in [-0.2, -0.15) is 0 Å². The Morgan fingerprint density at radius 3 is 2.81 bits per heavy atom. The number of nitrogens with one attached hydrogen (secondary N) is 1. The van der Waals surface area contributed by atoms with Gasteiger partial charge in [0.1, 0.15) is 17.0 Å². The summed E-state index contributed by atoms with van der Waals surface area (Å²) in [6.07, 6.45) is 6.53. The molecule has 1 aromatic carbocycles. The zero-order valence-corrected chi connectivity index (χ0v) is 16.7. The molecule has 0 saturated carbocycles. The smallest absolute Gasteiger partial charge is 0.138 e. The third-order valence-corrected chi connectivity index (χ3v) is 6.65. The highest BCUT2D eigenvalue weighted by Gasteiger charge is 2.21. The molecule has 1 N–H and O–H groups in total. The van der Waals surface area contributed by atoms with E-state index in [1.165, 1.54) is 35.1 Å². The summed E-state index contributed by atoms with van der Waals surface area (Å²) in [5.41, 5.74) is 2.59. The number of benzene rings is 1. The van der Waals surface area contributed by atoms with E-state index in [0.717, 1.165) is 34.2 Å². The van der Waals surface area contributed by atoms with Gasteiger partial charge < -0.3 is 10.2 Å². The van der Waals surface area contributed by atoms with E-state index in [2.05, 4.69) is 40.3 Å². The Labute approximate surface area is 163 Å². The maximum absolute atomic E-state index is 6.44. The minimum absolute atomic E-state index is 0.170. The Kier molecular flexibility index (Phi) is 5.11. The maximum Gasteiger partial charge on any atom is 0.138 e. The van der Waals surface area contributed by atoms with Crippen molar-refractivity contribution in [1.82, 2.24) is 14.9 Å². The Morgan fingerprint density at radius 2 is 2.00 bits per heavy atom. The Morgan fingerprint density at radius 1 is 1.19 bits per heavy atom. The first kappa shape index (κ1) is 17.7. The van der Waals surface area contributed by atoms with Crippen LogP contribution in [0.4, 0.5) is 5.82 Å². The standard InChI is InChI=1S/C20H23ClN4S/c1-25(2)16(13-7-3-5-9-15(13)21)11-22-19-18-14-8-4-6-10-17(14)26-20(18)24-12-23-19/h3,5,7,9,12,16H,4,6,8,10-11H2,1-2H3,(H,22,23,24)/t16-/m0/s1. The molecule has 2 aromatic heterocycles. The van der Waals surface area contributed by atoms with Gasteiger partial charge in [0.25, 0.3) is 0 Å². The largest absolute Gasteiger partial charge is 0.367 e. The van der Waals surface area contributed by atoms with Gasteiger partial charge in [-0.25, -0.2) is 9.97 Å². The number of thiophene rings is 1. The molecule has 1 atom stereocenters. The zero-order valence-electron chi connectivity index (χ0n) is 15.1. The van der Waals surface area contributed by atoms with Crippen molar-refractivity contribution < 1.29 is 0 Å². The monoisotopic (exact) mass is 386 g/mol. The van der Waals surface area contributed by atoms with Crippen LogP contribution in [-0.4, -0.2) is 35.5 Å². The number of halogens is 1. The van der Waals surface area contributed by atoms with Crippen LogP contribution in [0.2, 0.25) is 5.02 Å². The number of aromatic nitrogens is 2. The number of fused-ring (bicyclic) bond motifs is 3. The maximum atomic E-state index is 6.44. The summed E-state index contributed by atoms with van der Waals surface area (Å²) in [5.74, 6) is 0.952. The summed E-state index contributed by atoms with van der Waals surface area (Å²) in [7, 11) is 4.16. The third-order valence-electron chi connectivity index (χ3n) is 5.10. The number of aryl methyl sites for hydroxylation is 2. The van der Waals surface area contributed by atoms with Crippen molar-refractivity contribution in [2.24, 2.45) is 0 Å². The summed E-state index contributed by atoms with van der Waals surface area (Å²) in [6, 6.07) is 8.22. The summed E-state index contributed by atoms with van der Waals surface area (Å²) in [6.45, 7) is 0.744. The Balaban J connectivity index is 1.64. The molecular weight excluding hydrogens is 364 g/mol. The average Bonchev–Trinajstić information content (AvgIpc) is 3.02. The van der Waals surface area contributed by atoms with Crippen molar-refractivity contribution >= 4 is 39.0 Å². The van der Waals surface area contributed by atoms with Crippen LogP contribution in [0.3, 0.4) is 0 Å². The van der Waals surface area contributed by atoms with Crippen molar-refractivity contribution in [3.8, 4) is 0 Å². The van der Waals surface area contributed by atoms with Crippen molar-refractivity contribution in [3.05, 3.63) is 51.6 Å². The molecule has 6 heteroatoms. The molecule has 1 aliphatic carbocycles. The predicted molar refractivity (Wildman–Crippen MR) is 110 cm³/mol. The van der Waals surface area contributed by atoms with Gasteiger partial charge in [0.05, 0.1) is 11.4 Å². The van der Waals surface area contributed by atoms with Gasteiger partial charge in [0, 0.05) is 16.4 Å². The van der Waals surface area contributed by atoms with Gasteiger partial charge in [-0.1, -0.05) is 29.8 Å². The fourth-order valence-electron chi connectivity index (χ4n) is 3.73. The van der Waals surface area contributed by atoms with Gasteiger partial charge in [0.2, 0.25) is 0 Å². The SMILES string of the molecule is CN(C)[C@@H](CNc1ncnc2sc3c(c12)CCCC3)c1ccccc1Cl. The minimum atomic E-state index is 0.170. The van der Waals surface area contributed by atoms with E-state index in [4.69, 9.17) is 11.6 Å². The predicted octanol–water partition coefficient (Wildman–Crippen LogP) is 4.94. The van der Waals surface area contributed by atoms with E-state index in [0.29, 0.717) is 0 Å². The summed E-state index contributed by atoms with van der Waals surface area (Å²) in [5, 5.41) is 5.61. The molecule has 0 amide bonds. The summed E-state index contributed by atoms with van der Waals surface area (Å²) >= 11 is 8.27. The zero-order chi connectivity index (χ0) is 18.1. The van der Waals surface area contributed by atoms with Crippen molar-refractivity contribution in [1.29, 1.82) is 0 Å². The molecule has 0 aliphatic heterocycles. The lowest BCUT2D eigenvalue weighted by Crippen LogP contribution is -2.27. The minimum Gasteiger partial charge on any atom is -0.367 e. The first-order chi connectivity index (χ1) is 12.6. The molecule has 0 bridgehead atoms. The summed E-state index contributed by atoms with van der Waals surface area (Å²) < 4.78 is 0. The molecule has 4 nitrogen and oxygen atoms in total. The summed E-state index contributed by atoms with van der Waals surface area (Å²) in [4.78, 5) is 13.9. The number of nitrogens with zero attached hydrogens (tertiary/aromatic N) is 3. The molecular formula is C20H23ClN4S. The van der Waals surface area contributed by atoms with Crippen LogP contribution < -0.4 is 5.32 Å². The Bertz CT molecular complexity index is 921. The molecule has 2 heterocycles. The second-order valence-corrected chi connectivity index (χ2v) is 8.49. The second kappa shape index (κ2) is 7.51. The van der Waals surface area contributed by atoms with Crippen molar-refractivity contribution in [2.45, 2.75) is 31.7 Å². The van der Waals surface area contributed by atoms with Crippen LogP contribution in [0.5, 0.6) is 0 Å². The lowest BCUT2D eigenvalue weighted by Gasteiger charge is -2.26. The number of rotatable bonds is 5. The second-order valence-electron chi connectivity index (χ2n) is 7.00. The molecule has 0 fully saturated rings. The van der Waals surface area contributed by atoms with E-state index in [1.807, 2.05) is 29.5 Å². The molecule has 4 rings (SSSR count). The molecule has 0 spiro atoms. The Hall–Kier alpha value is -1.69. The van der Waals surface area contributed by atoms with E-state index >= 15 is 0 Å². The normalized spacial score (nSPS) is 15.2. The molecule has 0 unspecified atom stereocenters. The van der Waals surface area contributed by atoms with Gasteiger partial charge in [-0.3, -0.25) is 0 Å². The van der Waals surface area contributed by atoms with Gasteiger partial charge >= 0.3 is 0 Å². The van der Waals surface area contributed by atoms with Crippen molar-refractivity contribution in [2.75, 3.05) is 26.0 Å². The highest BCUT2D eigenvalue weighted by atomic mass is 35.5. The number of anilines is 1. The molecule has 0 radical (unpaired) electrons. The van der Waals surface area contributed by atoms with Crippen LogP contribution in [0.1, 0.15) is 34.9 Å². The average molecular weight is 387 g/mol. The van der Waals surface area contributed by atoms with Crippen LogP contribution in [0, 0.1) is 0 Å². The number of hydrogen-bond acceptors (Lipinski definition) is 5. The van der Waals surface area contributed by atoms with Crippen LogP contribution >= 0.6 is 22.9 Å². The van der Waals surface area contributed by atoms with E-state index < -0.39 is 0 Å². The first-order valence-electron chi connectivity index (χ1n) is 9.05. The highest BCUT2D eigenvalue weighted by Crippen LogP contribution is 2.38. The lowest BCUT2D eigenvalue weighted by molar-refractivity contribution is 0.312. The third kappa shape index (κ3) is 3.31. The fourth-order valence-corrected chi connectivity index (χ4v) is 5.22. The molecule has 26 heavy (non-hydrogen) atoms. The van der Waals surface area contributed by atoms with E-state index in [1.54, 1.807) is 6.33 Å². The van der Waals surface area contributed by atoms with Crippen molar-refractivity contribution in [3.63, 3.8) is 0 Å². The molecule has 0 saturated heterocycles. The number of likely N-dealkylation sites (N-methyl/N-ethyl adjacent to an activating group) is 1. The lowest BCUT2D eigenvalue weighted by atomic mass is 9.97. The topological polar surface area (TPSA) is 41.0 Å². The van der Waals surface area contributed by atoms with Gasteiger partial charge in [0.15, 0.2) is 0 Å². The van der Waals surface area contributed by atoms with Crippen LogP contribution in [-0.2, 0) is 12.8 Å². The van der Waals surface area contributed by atoms with E-state index in [9.17, 15) is 0 Å². The van der Waals surface area contributed by atoms with E-state index in [-0.39, 0.29) is 6.04 Å². The molecule has 136 valence electrons. The first-order valence-corrected chi connectivity index (χ1v) is 10.2. The van der Waals surface area contributed by atoms with Gasteiger partial charge in [-0.15, -0.1) is 11.3 Å². The number of hydrogen-bond donors (Lipinski definition) is 1. The van der Waals surface area contributed by atoms with Crippen LogP contribution in [0.15, 0.2) is 30.6 Å². The quantitative estimate of drug-likeness (QED) is 0.674. The van der Waals surface area contributed by atoms with Crippen LogP contribution in [0.25, 0.3) is 10.2 Å². The fraction of sp³-hybridized carbons (Fsp3) is 0.400. The molecule has 1 aliphatic rings.